The molecule has 1 aromatic rings. The highest BCUT2D eigenvalue weighted by Gasteiger charge is 2.11. The highest BCUT2D eigenvalue weighted by atomic mass is 32.1. The Labute approximate surface area is 102 Å². The van der Waals surface area contributed by atoms with Gasteiger partial charge in [0.1, 0.15) is 4.99 Å². The van der Waals surface area contributed by atoms with Gasteiger partial charge in [-0.1, -0.05) is 33.0 Å². The van der Waals surface area contributed by atoms with E-state index < -0.39 is 0 Å². The van der Waals surface area contributed by atoms with Crippen molar-refractivity contribution in [2.24, 2.45) is 11.1 Å². The molecule has 0 aliphatic carbocycles. The van der Waals surface area contributed by atoms with E-state index >= 15 is 0 Å². The Hall–Kier alpha value is -1.23. The van der Waals surface area contributed by atoms with Gasteiger partial charge in [-0.15, -0.1) is 5.10 Å². The van der Waals surface area contributed by atoms with Crippen LogP contribution in [0.1, 0.15) is 32.8 Å². The standard InChI is InChI=1S/C11H18N4S/c1-11(2,3)5-7-13-10-8(9(12)16)4-6-14-15-10/h4,6H,5,7H2,1-3H3,(H2,12,16)(H,13,15). The molecule has 88 valence electrons. The Morgan fingerprint density at radius 2 is 2.19 bits per heavy atom. The SMILES string of the molecule is CC(C)(C)CCNc1nnccc1C(N)=S. The summed E-state index contributed by atoms with van der Waals surface area (Å²) < 4.78 is 0. The normalized spacial score (nSPS) is 11.2. The zero-order chi connectivity index (χ0) is 12.2. The molecule has 0 aromatic carbocycles. The van der Waals surface area contributed by atoms with E-state index in [2.05, 4.69) is 36.3 Å². The van der Waals surface area contributed by atoms with E-state index in [9.17, 15) is 0 Å². The Bertz CT molecular complexity index is 370. The quantitative estimate of drug-likeness (QED) is 0.785. The number of nitrogens with zero attached hydrogens (tertiary/aromatic N) is 2. The molecule has 3 N–H and O–H groups in total. The molecule has 0 atom stereocenters. The van der Waals surface area contributed by atoms with Crippen LogP contribution in [-0.2, 0) is 0 Å². The van der Waals surface area contributed by atoms with Crippen LogP contribution < -0.4 is 11.1 Å². The lowest BCUT2D eigenvalue weighted by Crippen LogP contribution is -2.18. The van der Waals surface area contributed by atoms with Crippen molar-refractivity contribution in [1.29, 1.82) is 0 Å². The summed E-state index contributed by atoms with van der Waals surface area (Å²) in [7, 11) is 0. The lowest BCUT2D eigenvalue weighted by Gasteiger charge is -2.18. The maximum atomic E-state index is 5.60. The van der Waals surface area contributed by atoms with E-state index in [4.69, 9.17) is 18.0 Å². The monoisotopic (exact) mass is 238 g/mol. The van der Waals surface area contributed by atoms with Crippen LogP contribution in [0.3, 0.4) is 0 Å². The first-order valence-electron chi connectivity index (χ1n) is 5.25. The average Bonchev–Trinajstić information content (AvgIpc) is 2.16. The average molecular weight is 238 g/mol. The zero-order valence-electron chi connectivity index (χ0n) is 9.95. The van der Waals surface area contributed by atoms with Gasteiger partial charge in [0, 0.05) is 6.54 Å². The third kappa shape index (κ3) is 4.10. The number of nitrogens with one attached hydrogen (secondary N) is 1. The highest BCUT2D eigenvalue weighted by Crippen LogP contribution is 2.18. The lowest BCUT2D eigenvalue weighted by molar-refractivity contribution is 0.389. The van der Waals surface area contributed by atoms with E-state index in [1.807, 2.05) is 0 Å². The van der Waals surface area contributed by atoms with Crippen LogP contribution in [0, 0.1) is 5.41 Å². The van der Waals surface area contributed by atoms with E-state index in [0.717, 1.165) is 18.5 Å². The van der Waals surface area contributed by atoms with Gasteiger partial charge in [0.15, 0.2) is 5.82 Å². The molecule has 1 heterocycles. The minimum absolute atomic E-state index is 0.290. The number of hydrogen-bond donors (Lipinski definition) is 2. The maximum Gasteiger partial charge on any atom is 0.158 e. The second kappa shape index (κ2) is 5.21. The molecule has 0 saturated heterocycles. The van der Waals surface area contributed by atoms with Gasteiger partial charge < -0.3 is 11.1 Å². The maximum absolute atomic E-state index is 5.60. The van der Waals surface area contributed by atoms with Crippen LogP contribution in [0.2, 0.25) is 0 Å². The first-order valence-corrected chi connectivity index (χ1v) is 5.66. The Kier molecular flexibility index (Phi) is 4.18. The predicted molar refractivity (Wildman–Crippen MR) is 70.5 cm³/mol. The molecule has 16 heavy (non-hydrogen) atoms. The van der Waals surface area contributed by atoms with Gasteiger partial charge in [0.05, 0.1) is 11.8 Å². The van der Waals surface area contributed by atoms with Gasteiger partial charge in [-0.05, 0) is 17.9 Å². The van der Waals surface area contributed by atoms with Crippen molar-refractivity contribution in [2.45, 2.75) is 27.2 Å². The van der Waals surface area contributed by atoms with Crippen molar-refractivity contribution >= 4 is 23.0 Å². The number of thiocarbonyl (C=S) groups is 1. The fourth-order valence-corrected chi connectivity index (χ4v) is 1.38. The number of anilines is 1. The minimum atomic E-state index is 0.290. The van der Waals surface area contributed by atoms with Crippen molar-refractivity contribution in [3.05, 3.63) is 17.8 Å². The summed E-state index contributed by atoms with van der Waals surface area (Å²) >= 11 is 4.94. The van der Waals surface area contributed by atoms with Gasteiger partial charge in [0.25, 0.3) is 0 Å². The van der Waals surface area contributed by atoms with Crippen LogP contribution in [-0.4, -0.2) is 21.7 Å². The topological polar surface area (TPSA) is 63.8 Å². The molecule has 0 aliphatic rings. The van der Waals surface area contributed by atoms with Gasteiger partial charge in [-0.2, -0.15) is 5.10 Å². The summed E-state index contributed by atoms with van der Waals surface area (Å²) in [5.41, 5.74) is 6.64. The minimum Gasteiger partial charge on any atom is -0.389 e. The first-order chi connectivity index (χ1) is 7.40. The van der Waals surface area contributed by atoms with Crippen LogP contribution in [0.4, 0.5) is 5.82 Å². The molecule has 4 nitrogen and oxygen atoms in total. The number of aromatic nitrogens is 2. The molecule has 0 amide bonds. The number of hydrogen-bond acceptors (Lipinski definition) is 4. The molecule has 0 spiro atoms. The molecule has 5 heteroatoms. The fraction of sp³-hybridized carbons (Fsp3) is 0.545. The van der Waals surface area contributed by atoms with Crippen molar-refractivity contribution in [3.8, 4) is 0 Å². The molecule has 0 fully saturated rings. The van der Waals surface area contributed by atoms with Gasteiger partial charge in [0.2, 0.25) is 0 Å². The predicted octanol–water partition coefficient (Wildman–Crippen LogP) is 1.96. The highest BCUT2D eigenvalue weighted by molar-refractivity contribution is 7.80. The molecule has 0 bridgehead atoms. The number of nitrogens with two attached hydrogens (primary N) is 1. The summed E-state index contributed by atoms with van der Waals surface area (Å²) in [6.45, 7) is 7.41. The fourth-order valence-electron chi connectivity index (χ4n) is 1.22. The summed E-state index contributed by atoms with van der Waals surface area (Å²) in [4.78, 5) is 0.341. The number of rotatable bonds is 4. The van der Waals surface area contributed by atoms with Crippen LogP contribution in [0.15, 0.2) is 12.3 Å². The van der Waals surface area contributed by atoms with Crippen molar-refractivity contribution in [3.63, 3.8) is 0 Å². The van der Waals surface area contributed by atoms with Crippen molar-refractivity contribution < 1.29 is 0 Å². The molecule has 0 aliphatic heterocycles. The van der Waals surface area contributed by atoms with E-state index in [1.165, 1.54) is 0 Å². The van der Waals surface area contributed by atoms with Crippen LogP contribution in [0.25, 0.3) is 0 Å². The molecular weight excluding hydrogens is 220 g/mol. The third-order valence-corrected chi connectivity index (χ3v) is 2.37. The Morgan fingerprint density at radius 1 is 1.50 bits per heavy atom. The smallest absolute Gasteiger partial charge is 0.158 e. The van der Waals surface area contributed by atoms with Gasteiger partial charge in [-0.3, -0.25) is 0 Å². The zero-order valence-corrected chi connectivity index (χ0v) is 10.8. The molecule has 0 saturated carbocycles. The van der Waals surface area contributed by atoms with Crippen LogP contribution in [0.5, 0.6) is 0 Å². The van der Waals surface area contributed by atoms with E-state index in [0.29, 0.717) is 16.2 Å². The van der Waals surface area contributed by atoms with Gasteiger partial charge >= 0.3 is 0 Å². The van der Waals surface area contributed by atoms with Crippen molar-refractivity contribution in [1.82, 2.24) is 10.2 Å². The van der Waals surface area contributed by atoms with Crippen molar-refractivity contribution in [2.75, 3.05) is 11.9 Å². The van der Waals surface area contributed by atoms with E-state index in [-0.39, 0.29) is 0 Å². The van der Waals surface area contributed by atoms with Gasteiger partial charge in [-0.25, -0.2) is 0 Å². The Balaban J connectivity index is 2.64. The largest absolute Gasteiger partial charge is 0.389 e. The second-order valence-electron chi connectivity index (χ2n) is 4.90. The second-order valence-corrected chi connectivity index (χ2v) is 5.34. The van der Waals surface area contributed by atoms with Crippen LogP contribution >= 0.6 is 12.2 Å². The molecule has 1 rings (SSSR count). The first kappa shape index (κ1) is 12.8. The summed E-state index contributed by atoms with van der Waals surface area (Å²) in [6, 6.07) is 1.77. The summed E-state index contributed by atoms with van der Waals surface area (Å²) in [5.74, 6) is 0.666. The molecule has 0 unspecified atom stereocenters. The van der Waals surface area contributed by atoms with E-state index in [1.54, 1.807) is 12.3 Å². The molecule has 1 aromatic heterocycles. The third-order valence-electron chi connectivity index (χ3n) is 2.15. The molecule has 0 radical (unpaired) electrons. The summed E-state index contributed by atoms with van der Waals surface area (Å²) in [5, 5.41) is 11.0. The lowest BCUT2D eigenvalue weighted by atomic mass is 9.92. The summed E-state index contributed by atoms with van der Waals surface area (Å²) in [6.07, 6.45) is 2.63. The molecular formula is C11H18N4S. The Morgan fingerprint density at radius 3 is 2.75 bits per heavy atom.